The lowest BCUT2D eigenvalue weighted by Crippen LogP contribution is -2.39. The van der Waals surface area contributed by atoms with Gasteiger partial charge in [0, 0.05) is 39.3 Å². The molecule has 0 aromatic heterocycles. The van der Waals surface area contributed by atoms with Crippen LogP contribution in [0.3, 0.4) is 0 Å². The molecule has 0 saturated heterocycles. The van der Waals surface area contributed by atoms with Gasteiger partial charge in [-0.2, -0.15) is 0 Å². The smallest absolute Gasteiger partial charge is 0.225 e. The number of rotatable bonds is 5. The van der Waals surface area contributed by atoms with Crippen LogP contribution < -0.4 is 5.73 Å². The maximum atomic E-state index is 12.1. The minimum Gasteiger partial charge on any atom is -0.385 e. The molecule has 1 aliphatic carbocycles. The molecule has 1 amide bonds. The number of hydrogen-bond acceptors (Lipinski definition) is 3. The monoisotopic (exact) mass is 228 g/mol. The van der Waals surface area contributed by atoms with E-state index in [2.05, 4.69) is 0 Å². The van der Waals surface area contributed by atoms with Gasteiger partial charge >= 0.3 is 0 Å². The molecule has 2 atom stereocenters. The lowest BCUT2D eigenvalue weighted by Gasteiger charge is -2.29. The average molecular weight is 228 g/mol. The molecule has 2 unspecified atom stereocenters. The number of carbonyl (C=O) groups is 1. The van der Waals surface area contributed by atoms with E-state index >= 15 is 0 Å². The molecule has 16 heavy (non-hydrogen) atoms. The molecule has 0 aromatic carbocycles. The summed E-state index contributed by atoms with van der Waals surface area (Å²) < 4.78 is 4.98. The first-order chi connectivity index (χ1) is 7.65. The fraction of sp³-hybridized carbons (Fsp3) is 0.917. The van der Waals surface area contributed by atoms with Crippen LogP contribution in [0.2, 0.25) is 0 Å². The molecule has 1 aliphatic rings. The molecule has 0 aromatic rings. The van der Waals surface area contributed by atoms with Gasteiger partial charge in [-0.25, -0.2) is 0 Å². The number of nitrogens with two attached hydrogens (primary N) is 1. The lowest BCUT2D eigenvalue weighted by atomic mass is 9.85. The van der Waals surface area contributed by atoms with Crippen LogP contribution in [0.15, 0.2) is 0 Å². The number of nitrogens with zero attached hydrogens (tertiary/aromatic N) is 1. The topological polar surface area (TPSA) is 55.6 Å². The summed E-state index contributed by atoms with van der Waals surface area (Å²) in [5.74, 6) is 0.405. The fourth-order valence-electron chi connectivity index (χ4n) is 2.32. The van der Waals surface area contributed by atoms with Crippen molar-refractivity contribution in [2.24, 2.45) is 11.7 Å². The summed E-state index contributed by atoms with van der Waals surface area (Å²) in [6.45, 7) is 1.49. The van der Waals surface area contributed by atoms with Gasteiger partial charge in [0.2, 0.25) is 5.91 Å². The Morgan fingerprint density at radius 1 is 1.50 bits per heavy atom. The Morgan fingerprint density at radius 2 is 2.25 bits per heavy atom. The first-order valence-corrected chi connectivity index (χ1v) is 6.14. The second kappa shape index (κ2) is 6.86. The van der Waals surface area contributed by atoms with Gasteiger partial charge in [0.1, 0.15) is 0 Å². The molecule has 2 N–H and O–H groups in total. The molecule has 0 heterocycles. The number of methoxy groups -OCH3 is 1. The summed E-state index contributed by atoms with van der Waals surface area (Å²) in [7, 11) is 3.56. The predicted octanol–water partition coefficient (Wildman–Crippen LogP) is 0.999. The Balaban J connectivity index is 2.31. The molecule has 0 bridgehead atoms. The Kier molecular flexibility index (Phi) is 5.77. The van der Waals surface area contributed by atoms with Crippen molar-refractivity contribution in [3.05, 3.63) is 0 Å². The van der Waals surface area contributed by atoms with Gasteiger partial charge in [-0.05, 0) is 25.7 Å². The van der Waals surface area contributed by atoms with Crippen molar-refractivity contribution >= 4 is 5.91 Å². The largest absolute Gasteiger partial charge is 0.385 e. The van der Waals surface area contributed by atoms with E-state index in [1.165, 1.54) is 0 Å². The van der Waals surface area contributed by atoms with Crippen LogP contribution in [-0.2, 0) is 9.53 Å². The van der Waals surface area contributed by atoms with Gasteiger partial charge in [0.05, 0.1) is 0 Å². The van der Waals surface area contributed by atoms with Crippen molar-refractivity contribution in [3.63, 3.8) is 0 Å². The third kappa shape index (κ3) is 4.10. The van der Waals surface area contributed by atoms with Crippen molar-refractivity contribution in [3.8, 4) is 0 Å². The molecular formula is C12H24N2O2. The highest BCUT2D eigenvalue weighted by Crippen LogP contribution is 2.24. The SMILES string of the molecule is COCCCN(C)C(=O)C1CCCC(N)C1. The van der Waals surface area contributed by atoms with Gasteiger partial charge in [-0.15, -0.1) is 0 Å². The van der Waals surface area contributed by atoms with E-state index in [0.717, 1.165) is 38.6 Å². The highest BCUT2D eigenvalue weighted by Gasteiger charge is 2.27. The number of amides is 1. The molecule has 1 saturated carbocycles. The van der Waals surface area contributed by atoms with Crippen molar-refractivity contribution < 1.29 is 9.53 Å². The molecule has 0 spiro atoms. The van der Waals surface area contributed by atoms with Gasteiger partial charge in [0.25, 0.3) is 0 Å². The number of hydrogen-bond donors (Lipinski definition) is 1. The third-order valence-electron chi connectivity index (χ3n) is 3.28. The van der Waals surface area contributed by atoms with Crippen molar-refractivity contribution in [2.75, 3.05) is 27.3 Å². The summed E-state index contributed by atoms with van der Waals surface area (Å²) in [6.07, 6.45) is 4.91. The Labute approximate surface area is 98.1 Å². The Hall–Kier alpha value is -0.610. The summed E-state index contributed by atoms with van der Waals surface area (Å²) in [5.41, 5.74) is 5.89. The Bertz CT molecular complexity index is 221. The normalized spacial score (nSPS) is 25.4. The van der Waals surface area contributed by atoms with E-state index in [0.29, 0.717) is 6.61 Å². The quantitative estimate of drug-likeness (QED) is 0.714. The van der Waals surface area contributed by atoms with Crippen LogP contribution in [0.4, 0.5) is 0 Å². The maximum Gasteiger partial charge on any atom is 0.225 e. The summed E-state index contributed by atoms with van der Waals surface area (Å²) in [4.78, 5) is 13.9. The predicted molar refractivity (Wildman–Crippen MR) is 64.1 cm³/mol. The van der Waals surface area contributed by atoms with Crippen LogP contribution in [0.5, 0.6) is 0 Å². The molecule has 0 radical (unpaired) electrons. The zero-order valence-electron chi connectivity index (χ0n) is 10.4. The van der Waals surface area contributed by atoms with Gasteiger partial charge < -0.3 is 15.4 Å². The Morgan fingerprint density at radius 3 is 2.88 bits per heavy atom. The van der Waals surface area contributed by atoms with Gasteiger partial charge in [0.15, 0.2) is 0 Å². The summed E-state index contributed by atoms with van der Waals surface area (Å²) in [6, 6.07) is 0.218. The van der Waals surface area contributed by atoms with Crippen molar-refractivity contribution in [1.29, 1.82) is 0 Å². The fourth-order valence-corrected chi connectivity index (χ4v) is 2.32. The zero-order valence-corrected chi connectivity index (χ0v) is 10.4. The van der Waals surface area contributed by atoms with Crippen LogP contribution >= 0.6 is 0 Å². The minimum atomic E-state index is 0.149. The molecule has 4 nitrogen and oxygen atoms in total. The highest BCUT2D eigenvalue weighted by molar-refractivity contribution is 5.78. The first-order valence-electron chi connectivity index (χ1n) is 6.14. The molecule has 1 rings (SSSR count). The number of ether oxygens (including phenoxy) is 1. The van der Waals surface area contributed by atoms with Crippen LogP contribution in [0, 0.1) is 5.92 Å². The summed E-state index contributed by atoms with van der Waals surface area (Å²) >= 11 is 0. The first kappa shape index (κ1) is 13.5. The average Bonchev–Trinajstić information content (AvgIpc) is 2.28. The van der Waals surface area contributed by atoms with Crippen molar-refractivity contribution in [2.45, 2.75) is 38.1 Å². The van der Waals surface area contributed by atoms with Crippen LogP contribution in [-0.4, -0.2) is 44.2 Å². The number of carbonyl (C=O) groups excluding carboxylic acids is 1. The molecule has 4 heteroatoms. The van der Waals surface area contributed by atoms with E-state index in [4.69, 9.17) is 10.5 Å². The molecular weight excluding hydrogens is 204 g/mol. The minimum absolute atomic E-state index is 0.149. The molecule has 0 aliphatic heterocycles. The standard InChI is InChI=1S/C12H24N2O2/c1-14(7-4-8-16-2)12(15)10-5-3-6-11(13)9-10/h10-11H,3-9,13H2,1-2H3. The van der Waals surface area contributed by atoms with Crippen LogP contribution in [0.1, 0.15) is 32.1 Å². The van der Waals surface area contributed by atoms with E-state index in [9.17, 15) is 4.79 Å². The van der Waals surface area contributed by atoms with Crippen LogP contribution in [0.25, 0.3) is 0 Å². The zero-order chi connectivity index (χ0) is 12.0. The lowest BCUT2D eigenvalue weighted by molar-refractivity contribution is -0.135. The highest BCUT2D eigenvalue weighted by atomic mass is 16.5. The molecule has 1 fully saturated rings. The van der Waals surface area contributed by atoms with Gasteiger partial charge in [-0.1, -0.05) is 6.42 Å². The van der Waals surface area contributed by atoms with Gasteiger partial charge in [-0.3, -0.25) is 4.79 Å². The van der Waals surface area contributed by atoms with E-state index < -0.39 is 0 Å². The van der Waals surface area contributed by atoms with E-state index in [-0.39, 0.29) is 17.9 Å². The second-order valence-corrected chi connectivity index (χ2v) is 4.73. The molecule has 94 valence electrons. The van der Waals surface area contributed by atoms with E-state index in [1.54, 1.807) is 7.11 Å². The maximum absolute atomic E-state index is 12.1. The third-order valence-corrected chi connectivity index (χ3v) is 3.28. The second-order valence-electron chi connectivity index (χ2n) is 4.73. The van der Waals surface area contributed by atoms with E-state index in [1.807, 2.05) is 11.9 Å². The van der Waals surface area contributed by atoms with Crippen molar-refractivity contribution in [1.82, 2.24) is 4.90 Å². The summed E-state index contributed by atoms with van der Waals surface area (Å²) in [5, 5.41) is 0.